The molecule has 1 aliphatic rings. The molecular formula is C16H20N2O3. The number of fused-ring (bicyclic) bond motifs is 1. The predicted octanol–water partition coefficient (Wildman–Crippen LogP) is 2.59. The lowest BCUT2D eigenvalue weighted by molar-refractivity contribution is 0.0113. The van der Waals surface area contributed by atoms with Gasteiger partial charge >= 0.3 is 0 Å². The number of hydrogen-bond acceptors (Lipinski definition) is 4. The summed E-state index contributed by atoms with van der Waals surface area (Å²) in [5.74, 6) is 1.42. The Morgan fingerprint density at radius 3 is 3.00 bits per heavy atom. The lowest BCUT2D eigenvalue weighted by Crippen LogP contribution is -2.34. The van der Waals surface area contributed by atoms with Crippen molar-refractivity contribution in [1.82, 2.24) is 9.78 Å². The summed E-state index contributed by atoms with van der Waals surface area (Å²) in [5, 5.41) is 14.3. The first-order chi connectivity index (χ1) is 9.93. The molecule has 0 fully saturated rings. The van der Waals surface area contributed by atoms with Crippen LogP contribution in [0.5, 0.6) is 11.5 Å². The third-order valence-corrected chi connectivity index (χ3v) is 3.58. The normalized spacial score (nSPS) is 19.7. The highest BCUT2D eigenvalue weighted by atomic mass is 16.5. The predicted molar refractivity (Wildman–Crippen MR) is 78.3 cm³/mol. The molecule has 1 unspecified atom stereocenters. The number of aryl methyl sites for hydroxylation is 1. The van der Waals surface area contributed by atoms with Gasteiger partial charge in [-0.25, -0.2) is 0 Å². The molecule has 0 amide bonds. The van der Waals surface area contributed by atoms with Crippen LogP contribution in [0.2, 0.25) is 0 Å². The van der Waals surface area contributed by atoms with Crippen LogP contribution < -0.4 is 9.47 Å². The van der Waals surface area contributed by atoms with Gasteiger partial charge in [0.15, 0.2) is 0 Å². The number of aliphatic hydroxyl groups is 1. The summed E-state index contributed by atoms with van der Waals surface area (Å²) in [4.78, 5) is 0. The van der Waals surface area contributed by atoms with Crippen LogP contribution in [0.3, 0.4) is 0 Å². The Bertz CT molecular complexity index is 649. The highest BCUT2D eigenvalue weighted by molar-refractivity contribution is 5.43. The summed E-state index contributed by atoms with van der Waals surface area (Å²) in [6.07, 6.45) is 3.80. The molecule has 1 N–H and O–H groups in total. The van der Waals surface area contributed by atoms with Gasteiger partial charge in [0.25, 0.3) is 0 Å². The largest absolute Gasteiger partial charge is 0.489 e. The van der Waals surface area contributed by atoms with Gasteiger partial charge in [0.05, 0.1) is 12.3 Å². The molecule has 5 nitrogen and oxygen atoms in total. The fraction of sp³-hybridized carbons (Fsp3) is 0.438. The Labute approximate surface area is 124 Å². The van der Waals surface area contributed by atoms with Gasteiger partial charge in [-0.05, 0) is 26.0 Å². The SMILES string of the molecule is Cn1cc(COc2ccc3c(c2)OC(C)(C)CC3O)cn1. The standard InChI is InChI=1S/C16H20N2O3/c1-16(2)7-14(19)13-5-4-12(6-15(13)21-16)20-10-11-8-17-18(3)9-11/h4-6,8-9,14,19H,7,10H2,1-3H3. The van der Waals surface area contributed by atoms with Crippen LogP contribution in [0, 0.1) is 0 Å². The molecule has 0 spiro atoms. The van der Waals surface area contributed by atoms with Crippen molar-refractivity contribution in [3.8, 4) is 11.5 Å². The first kappa shape index (κ1) is 13.9. The highest BCUT2D eigenvalue weighted by Crippen LogP contribution is 2.41. The van der Waals surface area contributed by atoms with Gasteiger partial charge in [-0.3, -0.25) is 4.68 Å². The van der Waals surface area contributed by atoms with Crippen LogP contribution in [0.1, 0.15) is 37.5 Å². The van der Waals surface area contributed by atoms with Gasteiger partial charge in [0.1, 0.15) is 23.7 Å². The molecule has 0 bridgehead atoms. The molecule has 1 atom stereocenters. The molecule has 0 saturated carbocycles. The van der Waals surface area contributed by atoms with E-state index < -0.39 is 6.10 Å². The maximum atomic E-state index is 10.2. The van der Waals surface area contributed by atoms with E-state index in [1.807, 2.05) is 45.3 Å². The Kier molecular flexibility index (Phi) is 3.37. The maximum Gasteiger partial charge on any atom is 0.129 e. The number of aliphatic hydroxyl groups excluding tert-OH is 1. The Hall–Kier alpha value is -2.01. The summed E-state index contributed by atoms with van der Waals surface area (Å²) in [7, 11) is 1.87. The smallest absolute Gasteiger partial charge is 0.129 e. The van der Waals surface area contributed by atoms with Gasteiger partial charge in [-0.2, -0.15) is 5.10 Å². The zero-order valence-electron chi connectivity index (χ0n) is 12.5. The van der Waals surface area contributed by atoms with E-state index in [1.54, 1.807) is 10.9 Å². The number of aromatic nitrogens is 2. The highest BCUT2D eigenvalue weighted by Gasteiger charge is 2.32. The average molecular weight is 288 g/mol. The van der Waals surface area contributed by atoms with Crippen LogP contribution in [-0.4, -0.2) is 20.5 Å². The van der Waals surface area contributed by atoms with Crippen LogP contribution in [-0.2, 0) is 13.7 Å². The number of rotatable bonds is 3. The molecule has 1 aromatic carbocycles. The fourth-order valence-corrected chi connectivity index (χ4v) is 2.60. The van der Waals surface area contributed by atoms with Crippen molar-refractivity contribution in [2.45, 2.75) is 38.6 Å². The van der Waals surface area contributed by atoms with E-state index in [0.29, 0.717) is 18.8 Å². The molecule has 0 saturated heterocycles. The van der Waals surface area contributed by atoms with E-state index in [0.717, 1.165) is 16.9 Å². The first-order valence-corrected chi connectivity index (χ1v) is 7.04. The summed E-state index contributed by atoms with van der Waals surface area (Å²) in [6, 6.07) is 5.57. The third-order valence-electron chi connectivity index (χ3n) is 3.58. The van der Waals surface area contributed by atoms with Crippen LogP contribution >= 0.6 is 0 Å². The van der Waals surface area contributed by atoms with Crippen molar-refractivity contribution in [2.75, 3.05) is 0 Å². The molecule has 5 heteroatoms. The maximum absolute atomic E-state index is 10.2. The van der Waals surface area contributed by atoms with E-state index >= 15 is 0 Å². The van der Waals surface area contributed by atoms with Gasteiger partial charge in [0, 0.05) is 36.9 Å². The number of ether oxygens (including phenoxy) is 2. The lowest BCUT2D eigenvalue weighted by Gasteiger charge is -2.35. The van der Waals surface area contributed by atoms with Crippen LogP contribution in [0.15, 0.2) is 30.6 Å². The van der Waals surface area contributed by atoms with Crippen LogP contribution in [0.25, 0.3) is 0 Å². The zero-order chi connectivity index (χ0) is 15.0. The molecule has 2 heterocycles. The Morgan fingerprint density at radius 1 is 1.48 bits per heavy atom. The second-order valence-electron chi connectivity index (χ2n) is 6.09. The van der Waals surface area contributed by atoms with Gasteiger partial charge in [-0.15, -0.1) is 0 Å². The third kappa shape index (κ3) is 3.03. The number of nitrogens with zero attached hydrogens (tertiary/aromatic N) is 2. The molecule has 21 heavy (non-hydrogen) atoms. The molecular weight excluding hydrogens is 268 g/mol. The average Bonchev–Trinajstić information content (AvgIpc) is 2.80. The zero-order valence-corrected chi connectivity index (χ0v) is 12.5. The van der Waals surface area contributed by atoms with E-state index in [-0.39, 0.29) is 5.60 Å². The quantitative estimate of drug-likeness (QED) is 0.943. The van der Waals surface area contributed by atoms with E-state index in [2.05, 4.69) is 5.10 Å². The van der Waals surface area contributed by atoms with E-state index in [9.17, 15) is 5.11 Å². The van der Waals surface area contributed by atoms with Crippen LogP contribution in [0.4, 0.5) is 0 Å². The van der Waals surface area contributed by atoms with Gasteiger partial charge in [-0.1, -0.05) is 0 Å². The minimum atomic E-state index is -0.490. The molecule has 0 aliphatic carbocycles. The van der Waals surface area contributed by atoms with Crippen molar-refractivity contribution < 1.29 is 14.6 Å². The van der Waals surface area contributed by atoms with Gasteiger partial charge in [0.2, 0.25) is 0 Å². The molecule has 1 aromatic heterocycles. The summed E-state index contributed by atoms with van der Waals surface area (Å²) in [5.41, 5.74) is 1.47. The molecule has 2 aromatic rings. The van der Waals surface area contributed by atoms with E-state index in [1.165, 1.54) is 0 Å². The first-order valence-electron chi connectivity index (χ1n) is 7.04. The minimum absolute atomic E-state index is 0.367. The molecule has 1 aliphatic heterocycles. The summed E-state index contributed by atoms with van der Waals surface area (Å²) < 4.78 is 13.4. The molecule has 3 rings (SSSR count). The second-order valence-corrected chi connectivity index (χ2v) is 6.09. The van der Waals surface area contributed by atoms with Gasteiger partial charge < -0.3 is 14.6 Å². The molecule has 0 radical (unpaired) electrons. The second kappa shape index (κ2) is 5.07. The topological polar surface area (TPSA) is 56.5 Å². The Morgan fingerprint density at radius 2 is 2.29 bits per heavy atom. The summed E-state index contributed by atoms with van der Waals surface area (Å²) >= 11 is 0. The van der Waals surface area contributed by atoms with Crippen molar-refractivity contribution >= 4 is 0 Å². The van der Waals surface area contributed by atoms with E-state index in [4.69, 9.17) is 9.47 Å². The number of benzene rings is 1. The molecule has 112 valence electrons. The van der Waals surface area contributed by atoms with Crippen molar-refractivity contribution in [3.63, 3.8) is 0 Å². The minimum Gasteiger partial charge on any atom is -0.489 e. The monoisotopic (exact) mass is 288 g/mol. The Balaban J connectivity index is 1.76. The van der Waals surface area contributed by atoms with Crippen molar-refractivity contribution in [2.24, 2.45) is 7.05 Å². The number of hydrogen-bond donors (Lipinski definition) is 1. The fourth-order valence-electron chi connectivity index (χ4n) is 2.60. The van der Waals surface area contributed by atoms with Crippen molar-refractivity contribution in [1.29, 1.82) is 0 Å². The van der Waals surface area contributed by atoms with Crippen molar-refractivity contribution in [3.05, 3.63) is 41.7 Å². The lowest BCUT2D eigenvalue weighted by atomic mass is 9.92. The summed E-state index contributed by atoms with van der Waals surface area (Å²) in [6.45, 7) is 4.41.